The van der Waals surface area contributed by atoms with E-state index in [2.05, 4.69) is 143 Å². The zero-order valence-corrected chi connectivity index (χ0v) is 36.5. The molecule has 3 fully saturated rings. The lowest BCUT2D eigenvalue weighted by Crippen LogP contribution is -2.67. The van der Waals surface area contributed by atoms with Crippen LogP contribution in [0.1, 0.15) is 59.3 Å². The van der Waals surface area contributed by atoms with Gasteiger partial charge in [-0.25, -0.2) is 15.0 Å². The van der Waals surface area contributed by atoms with Gasteiger partial charge in [-0.2, -0.15) is 23.5 Å². The fourth-order valence-corrected chi connectivity index (χ4v) is 16.2. The molecule has 6 aliphatic rings. The molecule has 6 atom stereocenters. The minimum atomic E-state index is -2.59. The summed E-state index contributed by atoms with van der Waals surface area (Å²) in [5.41, 5.74) is 0. The molecule has 1 radical (unpaired) electrons. The number of nitrogens with one attached hydrogen (secondary N) is 3. The molecule has 13 heteroatoms. The molecule has 0 amide bonds. The maximum Gasteiger partial charge on any atom is 0.261 e. The summed E-state index contributed by atoms with van der Waals surface area (Å²) < 4.78 is 7.30. The van der Waals surface area contributed by atoms with Gasteiger partial charge in [0.25, 0.3) is 8.32 Å². The first-order valence-electron chi connectivity index (χ1n) is 21.2. The van der Waals surface area contributed by atoms with E-state index in [1.54, 1.807) is 0 Å². The Morgan fingerprint density at radius 1 is 0.607 bits per heavy atom. The lowest BCUT2D eigenvalue weighted by atomic mass is 10.1. The first-order valence-corrected chi connectivity index (χ1v) is 25.5. The van der Waals surface area contributed by atoms with Crippen LogP contribution in [0.3, 0.4) is 0 Å². The fraction of sp³-hybridized carbons (Fsp3) is 0.628. The maximum atomic E-state index is 7.30. The minimum absolute atomic E-state index is 0.0394. The number of thioether (sulfide) groups is 2. The Bertz CT molecular complexity index is 1650. The third kappa shape index (κ3) is 9.21. The number of guanidine groups is 3. The Labute approximate surface area is 345 Å². The Morgan fingerprint density at radius 2 is 1.04 bits per heavy atom. The highest BCUT2D eigenvalue weighted by atomic mass is 32.2. The molecule has 3 saturated heterocycles. The van der Waals surface area contributed by atoms with Crippen LogP contribution in [0.15, 0.2) is 75.6 Å². The van der Waals surface area contributed by atoms with Crippen molar-refractivity contribution in [1.29, 1.82) is 0 Å². The van der Waals surface area contributed by atoms with Crippen molar-refractivity contribution in [3.05, 3.63) is 67.6 Å². The lowest BCUT2D eigenvalue weighted by molar-refractivity contribution is 0.233. The first kappa shape index (κ1) is 39.9. The lowest BCUT2D eigenvalue weighted by Gasteiger charge is -2.44. The van der Waals surface area contributed by atoms with Gasteiger partial charge in [-0.05, 0) is 60.9 Å². The molecular formula is C43H64N9OS2Si. The van der Waals surface area contributed by atoms with Crippen LogP contribution >= 0.6 is 23.5 Å². The average molecular weight is 815 g/mol. The van der Waals surface area contributed by atoms with Crippen LogP contribution in [0, 0.1) is 6.92 Å². The Morgan fingerprint density at radius 3 is 1.54 bits per heavy atom. The summed E-state index contributed by atoms with van der Waals surface area (Å²) in [6.45, 7) is 18.4. The molecule has 8 rings (SSSR count). The molecule has 6 aliphatic heterocycles. The molecule has 303 valence electrons. The van der Waals surface area contributed by atoms with Gasteiger partial charge in [-0.3, -0.25) is 0 Å². The van der Waals surface area contributed by atoms with Crippen LogP contribution < -0.4 is 26.3 Å². The van der Waals surface area contributed by atoms with Gasteiger partial charge in [0.15, 0.2) is 17.9 Å². The van der Waals surface area contributed by atoms with E-state index in [4.69, 9.17) is 19.4 Å². The molecule has 0 bridgehead atoms. The van der Waals surface area contributed by atoms with Gasteiger partial charge in [0, 0.05) is 80.4 Å². The van der Waals surface area contributed by atoms with E-state index in [1.165, 1.54) is 16.8 Å². The first-order chi connectivity index (χ1) is 27.2. The zero-order chi connectivity index (χ0) is 38.5. The van der Waals surface area contributed by atoms with Crippen molar-refractivity contribution in [1.82, 2.24) is 30.7 Å². The Kier molecular flexibility index (Phi) is 12.8. The van der Waals surface area contributed by atoms with Crippen molar-refractivity contribution >= 4 is 60.1 Å². The van der Waals surface area contributed by atoms with E-state index in [-0.39, 0.29) is 17.1 Å². The molecule has 2 aromatic rings. The molecule has 10 nitrogen and oxygen atoms in total. The summed E-state index contributed by atoms with van der Waals surface area (Å²) in [5.74, 6) is 7.64. The van der Waals surface area contributed by atoms with E-state index in [0.29, 0.717) is 30.8 Å². The van der Waals surface area contributed by atoms with Crippen LogP contribution in [0.25, 0.3) is 0 Å². The van der Waals surface area contributed by atoms with E-state index in [9.17, 15) is 0 Å². The monoisotopic (exact) mass is 814 g/mol. The summed E-state index contributed by atoms with van der Waals surface area (Å²) >= 11 is 4.11. The normalized spacial score (nSPS) is 28.0. The highest BCUT2D eigenvalue weighted by molar-refractivity contribution is 7.99. The summed E-state index contributed by atoms with van der Waals surface area (Å²) in [6.07, 6.45) is 6.76. The number of fused-ring (bicyclic) bond motifs is 3. The quantitative estimate of drug-likeness (QED) is 0.257. The minimum Gasteiger partial charge on any atom is -0.405 e. The van der Waals surface area contributed by atoms with Gasteiger partial charge in [-0.1, -0.05) is 81.4 Å². The summed E-state index contributed by atoms with van der Waals surface area (Å²) in [4.78, 5) is 22.9. The van der Waals surface area contributed by atoms with E-state index in [1.807, 2.05) is 0 Å². The molecular weight excluding hydrogens is 751 g/mol. The van der Waals surface area contributed by atoms with Crippen LogP contribution in [-0.2, 0) is 4.43 Å². The highest BCUT2D eigenvalue weighted by Crippen LogP contribution is 2.37. The molecule has 0 saturated carbocycles. The second kappa shape index (κ2) is 17.9. The maximum absolute atomic E-state index is 7.30. The van der Waals surface area contributed by atoms with Crippen molar-refractivity contribution < 1.29 is 4.43 Å². The van der Waals surface area contributed by atoms with Crippen molar-refractivity contribution in [2.24, 2.45) is 15.0 Å². The number of aliphatic imine (C=N–C) groups is 3. The van der Waals surface area contributed by atoms with Gasteiger partial charge >= 0.3 is 0 Å². The van der Waals surface area contributed by atoms with Gasteiger partial charge in [-0.15, -0.1) is 0 Å². The van der Waals surface area contributed by atoms with Crippen LogP contribution in [0.4, 0.5) is 0 Å². The Hall–Kier alpha value is -2.87. The Balaban J connectivity index is 0.811. The number of hydrogen-bond donors (Lipinski definition) is 3. The predicted molar refractivity (Wildman–Crippen MR) is 240 cm³/mol. The summed E-state index contributed by atoms with van der Waals surface area (Å²) in [6, 6.07) is 24.1. The predicted octanol–water partition coefficient (Wildman–Crippen LogP) is 4.24. The van der Waals surface area contributed by atoms with Crippen molar-refractivity contribution in [2.45, 2.75) is 101 Å². The molecule has 3 N–H and O–H groups in total. The summed E-state index contributed by atoms with van der Waals surface area (Å²) in [5, 5.41) is 13.8. The van der Waals surface area contributed by atoms with Crippen molar-refractivity contribution in [2.75, 3.05) is 68.9 Å². The van der Waals surface area contributed by atoms with E-state index >= 15 is 0 Å². The number of hydrogen-bond acceptors (Lipinski definition) is 12. The number of benzene rings is 2. The molecule has 0 spiro atoms. The molecule has 56 heavy (non-hydrogen) atoms. The third-order valence-electron chi connectivity index (χ3n) is 12.4. The number of rotatable bonds is 13. The van der Waals surface area contributed by atoms with Crippen LogP contribution in [-0.4, -0.2) is 146 Å². The second-order valence-electron chi connectivity index (χ2n) is 17.6. The molecule has 0 unspecified atom stereocenters. The van der Waals surface area contributed by atoms with Crippen LogP contribution in [0.5, 0.6) is 0 Å². The fourth-order valence-electron chi connectivity index (χ4n) is 9.21. The van der Waals surface area contributed by atoms with Crippen LogP contribution in [0.2, 0.25) is 5.04 Å². The van der Waals surface area contributed by atoms with Gasteiger partial charge < -0.3 is 35.1 Å². The van der Waals surface area contributed by atoms with Crippen molar-refractivity contribution in [3.8, 4) is 0 Å². The van der Waals surface area contributed by atoms with E-state index < -0.39 is 8.32 Å². The standard InChI is InChI=1S/C43H64N9OS2Si/c1-32-15-21-50-23-17-34(46-40(50)44-32)28-54-30-36-19-25-52-26-20-37(49-42(52)48-36)31-55-29-35-18-24-51-22-16-33(45-41(51)47-35)27-53-56(43(2,3)4,38-11-7-5-8-12-38)39-13-9-6-10-14-39/h5-14,32-37H,1,15-31H2,2-4H3,(H,44,46)(H,45,47)(H,48,49)/t32-,33-,34-,35-,36-,37-/m1/s1. The third-order valence-corrected chi connectivity index (χ3v) is 19.9. The topological polar surface area (TPSA) is 92.1 Å². The SMILES string of the molecule is [CH2][C@@H]1CCN2CC[C@H](CSC[C@H]3CCN4CC[C@H](CSC[C@H]5CCN6CC[C@H](CO[Si](c7ccccc7)(c7ccccc7)C(C)(C)C)N=C6N5)N=C4N3)N=C2N1. The molecule has 2 aromatic carbocycles. The zero-order valence-electron chi connectivity index (χ0n) is 33.9. The van der Waals surface area contributed by atoms with E-state index in [0.717, 1.165) is 112 Å². The molecule has 0 aromatic heterocycles. The van der Waals surface area contributed by atoms with Gasteiger partial charge in [0.1, 0.15) is 0 Å². The number of nitrogens with zero attached hydrogens (tertiary/aromatic N) is 6. The smallest absolute Gasteiger partial charge is 0.261 e. The van der Waals surface area contributed by atoms with Gasteiger partial charge in [0.05, 0.1) is 24.7 Å². The largest absolute Gasteiger partial charge is 0.405 e. The van der Waals surface area contributed by atoms with Gasteiger partial charge in [0.2, 0.25) is 0 Å². The molecule has 6 heterocycles. The average Bonchev–Trinajstić information content (AvgIpc) is 3.21. The molecule has 0 aliphatic carbocycles. The highest BCUT2D eigenvalue weighted by Gasteiger charge is 2.50. The second-order valence-corrected chi connectivity index (χ2v) is 24.0. The summed E-state index contributed by atoms with van der Waals surface area (Å²) in [7, 11) is -2.59. The van der Waals surface area contributed by atoms with Crippen molar-refractivity contribution in [3.63, 3.8) is 0 Å².